The van der Waals surface area contributed by atoms with Crippen LogP contribution in [0, 0.1) is 0 Å². The van der Waals surface area contributed by atoms with Crippen molar-refractivity contribution in [3.63, 3.8) is 0 Å². The number of rotatable bonds is 3. The summed E-state index contributed by atoms with van der Waals surface area (Å²) in [4.78, 5) is 11.1. The van der Waals surface area contributed by atoms with Crippen LogP contribution in [-0.2, 0) is 0 Å². The summed E-state index contributed by atoms with van der Waals surface area (Å²) in [5.41, 5.74) is 4.71. The summed E-state index contributed by atoms with van der Waals surface area (Å²) in [6, 6.07) is 2.80. The van der Waals surface area contributed by atoms with Crippen LogP contribution in [0.15, 0.2) is 18.2 Å². The molecule has 0 aliphatic carbocycles. The Morgan fingerprint density at radius 3 is 2.60 bits per heavy atom. The number of aromatic amines is 1. The van der Waals surface area contributed by atoms with Crippen molar-refractivity contribution in [2.45, 2.75) is 6.36 Å². The van der Waals surface area contributed by atoms with Gasteiger partial charge in [-0.2, -0.15) is 15.4 Å². The van der Waals surface area contributed by atoms with Crippen molar-refractivity contribution in [2.24, 2.45) is 5.73 Å². The number of aromatic hydroxyl groups is 1. The number of primary amides is 1. The van der Waals surface area contributed by atoms with Gasteiger partial charge in [-0.1, -0.05) is 0 Å². The first kappa shape index (κ1) is 13.6. The fourth-order valence-corrected chi connectivity index (χ4v) is 1.50. The molecule has 0 aliphatic heterocycles. The number of aromatic nitrogens is 3. The highest BCUT2D eigenvalue weighted by molar-refractivity contribution is 5.97. The summed E-state index contributed by atoms with van der Waals surface area (Å²) in [6.07, 6.45) is -4.87. The molecule has 2 rings (SSSR count). The van der Waals surface area contributed by atoms with Crippen molar-refractivity contribution >= 4 is 5.91 Å². The highest BCUT2D eigenvalue weighted by atomic mass is 19.4. The second-order valence-corrected chi connectivity index (χ2v) is 3.61. The largest absolute Gasteiger partial charge is 0.573 e. The Kier molecular flexibility index (Phi) is 3.22. The number of nitrogens with two attached hydrogens (primary N) is 1. The van der Waals surface area contributed by atoms with Gasteiger partial charge in [0.05, 0.1) is 0 Å². The number of hydrogen-bond acceptors (Lipinski definition) is 5. The topological polar surface area (TPSA) is 114 Å². The third kappa shape index (κ3) is 2.79. The Bertz CT molecular complexity index is 653. The summed E-state index contributed by atoms with van der Waals surface area (Å²) in [5, 5.41) is 18.9. The molecule has 10 heteroatoms. The summed E-state index contributed by atoms with van der Waals surface area (Å²) in [7, 11) is 0. The van der Waals surface area contributed by atoms with E-state index in [9.17, 15) is 23.1 Å². The van der Waals surface area contributed by atoms with E-state index >= 15 is 0 Å². The monoisotopic (exact) mass is 288 g/mol. The lowest BCUT2D eigenvalue weighted by atomic mass is 10.1. The highest BCUT2D eigenvalue weighted by Crippen LogP contribution is 2.34. The molecule has 2 aromatic rings. The fourth-order valence-electron chi connectivity index (χ4n) is 1.50. The Morgan fingerprint density at radius 2 is 2.05 bits per heavy atom. The van der Waals surface area contributed by atoms with Crippen LogP contribution in [0.1, 0.15) is 10.5 Å². The van der Waals surface area contributed by atoms with Crippen molar-refractivity contribution in [3.05, 3.63) is 23.9 Å². The van der Waals surface area contributed by atoms with Crippen LogP contribution < -0.4 is 10.5 Å². The number of carbonyl (C=O) groups is 1. The number of amides is 1. The number of halogens is 3. The number of alkyl halides is 3. The molecule has 0 fully saturated rings. The quantitative estimate of drug-likeness (QED) is 0.784. The maximum absolute atomic E-state index is 12.0. The van der Waals surface area contributed by atoms with Crippen LogP contribution in [0.4, 0.5) is 13.2 Å². The van der Waals surface area contributed by atoms with Crippen LogP contribution in [0.3, 0.4) is 0 Å². The molecule has 1 aromatic carbocycles. The Balaban J connectivity index is 2.39. The number of carbonyl (C=O) groups excluding carboxylic acids is 1. The minimum Gasteiger partial charge on any atom is -0.507 e. The lowest BCUT2D eigenvalue weighted by Crippen LogP contribution is -2.17. The van der Waals surface area contributed by atoms with E-state index in [0.717, 1.165) is 18.2 Å². The Hall–Kier alpha value is -2.78. The average molecular weight is 288 g/mol. The van der Waals surface area contributed by atoms with Gasteiger partial charge in [0.15, 0.2) is 5.69 Å². The molecular weight excluding hydrogens is 281 g/mol. The molecule has 106 valence electrons. The smallest absolute Gasteiger partial charge is 0.507 e. The number of phenols is 1. The third-order valence-corrected chi connectivity index (χ3v) is 2.24. The van der Waals surface area contributed by atoms with Crippen LogP contribution in [0.2, 0.25) is 0 Å². The molecule has 0 aliphatic rings. The molecule has 0 bridgehead atoms. The van der Waals surface area contributed by atoms with Gasteiger partial charge in [-0.3, -0.25) is 4.79 Å². The van der Waals surface area contributed by atoms with Crippen LogP contribution in [0.25, 0.3) is 11.3 Å². The number of benzene rings is 1. The van der Waals surface area contributed by atoms with E-state index < -0.39 is 23.8 Å². The van der Waals surface area contributed by atoms with Gasteiger partial charge in [0.2, 0.25) is 0 Å². The molecule has 1 aromatic heterocycles. The van der Waals surface area contributed by atoms with Crippen molar-refractivity contribution < 1.29 is 27.8 Å². The summed E-state index contributed by atoms with van der Waals surface area (Å²) < 4.78 is 39.7. The van der Waals surface area contributed by atoms with Crippen molar-refractivity contribution in [1.29, 1.82) is 0 Å². The molecular formula is C10H7F3N4O3. The van der Waals surface area contributed by atoms with E-state index in [-0.39, 0.29) is 17.0 Å². The second-order valence-electron chi connectivity index (χ2n) is 3.61. The van der Waals surface area contributed by atoms with E-state index in [2.05, 4.69) is 20.1 Å². The first-order valence-corrected chi connectivity index (χ1v) is 5.07. The summed E-state index contributed by atoms with van der Waals surface area (Å²) in [6.45, 7) is 0. The van der Waals surface area contributed by atoms with Crippen molar-refractivity contribution in [3.8, 4) is 22.8 Å². The predicted molar refractivity (Wildman–Crippen MR) is 58.7 cm³/mol. The van der Waals surface area contributed by atoms with Gasteiger partial charge in [-0.05, 0) is 12.1 Å². The van der Waals surface area contributed by atoms with Gasteiger partial charge >= 0.3 is 6.36 Å². The van der Waals surface area contributed by atoms with E-state index in [1.54, 1.807) is 0 Å². The number of nitrogens with one attached hydrogen (secondary N) is 1. The normalized spacial score (nSPS) is 11.3. The number of H-pyrrole nitrogens is 1. The first-order valence-electron chi connectivity index (χ1n) is 5.07. The lowest BCUT2D eigenvalue weighted by molar-refractivity contribution is -0.274. The average Bonchev–Trinajstić information content (AvgIpc) is 2.75. The molecule has 4 N–H and O–H groups in total. The van der Waals surface area contributed by atoms with Gasteiger partial charge in [0, 0.05) is 11.6 Å². The van der Waals surface area contributed by atoms with E-state index in [4.69, 9.17) is 5.73 Å². The summed E-state index contributed by atoms with van der Waals surface area (Å²) >= 11 is 0. The van der Waals surface area contributed by atoms with Gasteiger partial charge in [-0.15, -0.1) is 13.2 Å². The molecule has 0 spiro atoms. The molecule has 0 saturated carbocycles. The zero-order valence-electron chi connectivity index (χ0n) is 9.60. The number of hydrogen-bond donors (Lipinski definition) is 3. The summed E-state index contributed by atoms with van der Waals surface area (Å²) in [5.74, 6) is -2.07. The number of ether oxygens (including phenoxy) is 1. The minimum absolute atomic E-state index is 0.0120. The molecule has 0 saturated heterocycles. The molecule has 1 heterocycles. The highest BCUT2D eigenvalue weighted by Gasteiger charge is 2.31. The van der Waals surface area contributed by atoms with Crippen molar-refractivity contribution in [1.82, 2.24) is 15.4 Å². The fraction of sp³-hybridized carbons (Fsp3) is 0.100. The Morgan fingerprint density at radius 1 is 1.35 bits per heavy atom. The molecule has 7 nitrogen and oxygen atoms in total. The molecule has 0 radical (unpaired) electrons. The maximum Gasteiger partial charge on any atom is 0.573 e. The molecule has 20 heavy (non-hydrogen) atoms. The van der Waals surface area contributed by atoms with Crippen LogP contribution in [0.5, 0.6) is 11.5 Å². The minimum atomic E-state index is -4.87. The molecule has 1 amide bonds. The second kappa shape index (κ2) is 4.72. The van der Waals surface area contributed by atoms with E-state index in [1.807, 2.05) is 0 Å². The van der Waals surface area contributed by atoms with Gasteiger partial charge in [0.25, 0.3) is 5.91 Å². The SMILES string of the molecule is NC(=O)c1n[nH]nc1-c1ccc(OC(F)(F)F)cc1O. The van der Waals surface area contributed by atoms with Crippen LogP contribution >= 0.6 is 0 Å². The maximum atomic E-state index is 12.0. The molecule has 0 unspecified atom stereocenters. The van der Waals surface area contributed by atoms with E-state index in [1.165, 1.54) is 0 Å². The predicted octanol–water partition coefficient (Wildman–Crippen LogP) is 1.17. The number of phenolic OH excluding ortho intramolecular Hbond substituents is 1. The van der Waals surface area contributed by atoms with Gasteiger partial charge in [0.1, 0.15) is 17.2 Å². The zero-order chi connectivity index (χ0) is 14.9. The van der Waals surface area contributed by atoms with Crippen molar-refractivity contribution in [2.75, 3.05) is 0 Å². The molecule has 0 atom stereocenters. The van der Waals surface area contributed by atoms with Gasteiger partial charge in [-0.25, -0.2) is 0 Å². The third-order valence-electron chi connectivity index (χ3n) is 2.24. The lowest BCUT2D eigenvalue weighted by Gasteiger charge is -2.10. The standard InChI is InChI=1S/C10H7F3N4O3/c11-10(12,13)20-4-1-2-5(6(18)3-4)7-8(9(14)19)16-17-15-7/h1-3,18H,(H2,14,19)(H,15,16,17). The Labute approximate surface area is 109 Å². The van der Waals surface area contributed by atoms with E-state index in [0.29, 0.717) is 0 Å². The zero-order valence-corrected chi connectivity index (χ0v) is 9.60. The number of nitrogens with zero attached hydrogens (tertiary/aromatic N) is 2. The van der Waals surface area contributed by atoms with Gasteiger partial charge < -0.3 is 15.6 Å². The first-order chi connectivity index (χ1) is 9.28. The van der Waals surface area contributed by atoms with Crippen LogP contribution in [-0.4, -0.2) is 32.8 Å².